The maximum Gasteiger partial charge on any atom is 0.237 e. The van der Waals surface area contributed by atoms with Crippen molar-refractivity contribution in [3.8, 4) is 0 Å². The summed E-state index contributed by atoms with van der Waals surface area (Å²) in [7, 11) is 1.89. The summed E-state index contributed by atoms with van der Waals surface area (Å²) in [6, 6.07) is -0.137. The minimum absolute atomic E-state index is 0.0815. The molecule has 1 amide bonds. The fourth-order valence-electron chi connectivity index (χ4n) is 3.96. The molecular weight excluding hydrogens is 368 g/mol. The minimum atomic E-state index is -0.137. The predicted octanol–water partition coefficient (Wildman–Crippen LogP) is 1.14. The first-order valence-corrected chi connectivity index (χ1v) is 10.2. The van der Waals surface area contributed by atoms with Crippen LogP contribution in [-0.4, -0.2) is 51.9 Å². The van der Waals surface area contributed by atoms with Gasteiger partial charge in [-0.2, -0.15) is 15.2 Å². The molecule has 1 saturated heterocycles. The number of hydrazone groups is 1. The van der Waals surface area contributed by atoms with Gasteiger partial charge in [0.2, 0.25) is 5.91 Å². The Morgan fingerprint density at radius 1 is 1.41 bits per heavy atom. The number of aryl methyl sites for hydroxylation is 1. The van der Waals surface area contributed by atoms with Crippen molar-refractivity contribution in [3.05, 3.63) is 35.6 Å². The van der Waals surface area contributed by atoms with Crippen molar-refractivity contribution in [2.24, 2.45) is 18.1 Å². The van der Waals surface area contributed by atoms with Crippen LogP contribution in [0.25, 0.3) is 5.57 Å². The van der Waals surface area contributed by atoms with E-state index in [2.05, 4.69) is 26.2 Å². The zero-order chi connectivity index (χ0) is 20.4. The number of allylic oxidation sites excluding steroid dienone is 1. The van der Waals surface area contributed by atoms with Crippen molar-refractivity contribution in [3.63, 3.8) is 0 Å². The highest BCUT2D eigenvalue weighted by atomic mass is 16.2. The highest BCUT2D eigenvalue weighted by Gasteiger charge is 2.32. The number of nitrogens with one attached hydrogen (secondary N) is 4. The topological polar surface area (TPSA) is 110 Å². The molecule has 0 unspecified atom stereocenters. The predicted molar refractivity (Wildman–Crippen MR) is 112 cm³/mol. The molecule has 1 aromatic heterocycles. The molecule has 3 aliphatic rings. The molecule has 154 valence electrons. The summed E-state index contributed by atoms with van der Waals surface area (Å²) < 4.78 is 1.78. The molecule has 0 spiro atoms. The van der Waals surface area contributed by atoms with Gasteiger partial charge in [0.15, 0.2) is 0 Å². The number of piperidine rings is 1. The number of amides is 1. The maximum absolute atomic E-state index is 12.2. The molecule has 4 N–H and O–H groups in total. The third-order valence-corrected chi connectivity index (χ3v) is 5.55. The van der Waals surface area contributed by atoms with Crippen molar-refractivity contribution in [1.29, 1.82) is 5.41 Å². The van der Waals surface area contributed by atoms with Crippen LogP contribution in [0, 0.1) is 11.3 Å². The molecule has 0 radical (unpaired) electrons. The van der Waals surface area contributed by atoms with E-state index in [0.29, 0.717) is 25.3 Å². The zero-order valence-corrected chi connectivity index (χ0v) is 16.9. The second-order valence-corrected chi connectivity index (χ2v) is 7.68. The van der Waals surface area contributed by atoms with Crippen molar-refractivity contribution in [1.82, 2.24) is 30.7 Å². The van der Waals surface area contributed by atoms with E-state index in [4.69, 9.17) is 5.41 Å². The molecule has 2 atom stereocenters. The standard InChI is InChI=1S/C20H28N8O/c1-3-7-22-20(29)16-5-4-13(10-23-16)17-9-18(21)28-19(26-17)15(6-8-24-28)14-11-25-27(2)12-14/h8-9,11-13,16,21,23,26H,3-7,10H2,1-2H3,(H,22,29)/t13-,16+/m0/s1. The molecule has 4 heterocycles. The Labute approximate surface area is 170 Å². The van der Waals surface area contributed by atoms with E-state index in [0.717, 1.165) is 41.9 Å². The highest BCUT2D eigenvalue weighted by molar-refractivity contribution is 5.97. The van der Waals surface area contributed by atoms with Crippen LogP contribution in [0.3, 0.4) is 0 Å². The van der Waals surface area contributed by atoms with Gasteiger partial charge in [0.1, 0.15) is 11.7 Å². The Balaban J connectivity index is 1.49. The smallest absolute Gasteiger partial charge is 0.237 e. The van der Waals surface area contributed by atoms with Crippen molar-refractivity contribution in [2.75, 3.05) is 13.1 Å². The molecule has 29 heavy (non-hydrogen) atoms. The van der Waals surface area contributed by atoms with Crippen LogP contribution in [-0.2, 0) is 11.8 Å². The lowest BCUT2D eigenvalue weighted by atomic mass is 9.90. The first kappa shape index (κ1) is 19.4. The minimum Gasteiger partial charge on any atom is -0.355 e. The van der Waals surface area contributed by atoms with Crippen LogP contribution < -0.4 is 16.0 Å². The van der Waals surface area contributed by atoms with E-state index >= 15 is 0 Å². The van der Waals surface area contributed by atoms with Crippen LogP contribution in [0.15, 0.2) is 35.1 Å². The summed E-state index contributed by atoms with van der Waals surface area (Å²) in [6.07, 6.45) is 10.8. The number of nitrogens with zero attached hydrogens (tertiary/aromatic N) is 4. The van der Waals surface area contributed by atoms with Crippen LogP contribution in [0.1, 0.15) is 38.2 Å². The molecule has 1 fully saturated rings. The number of fused-ring (bicyclic) bond motifs is 1. The van der Waals surface area contributed by atoms with Crippen molar-refractivity contribution < 1.29 is 4.79 Å². The lowest BCUT2D eigenvalue weighted by Crippen LogP contribution is -2.51. The molecule has 9 nitrogen and oxygen atoms in total. The van der Waals surface area contributed by atoms with Gasteiger partial charge in [-0.3, -0.25) is 14.9 Å². The van der Waals surface area contributed by atoms with E-state index < -0.39 is 0 Å². The normalized spacial score (nSPS) is 24.1. The lowest BCUT2D eigenvalue weighted by Gasteiger charge is -2.37. The maximum atomic E-state index is 12.2. The SMILES string of the molecule is CCCNC(=O)[C@H]1CC[C@H](C2=CC(=N)N3N=CCC(c4cnn(C)c4)=C3N2)CN1. The van der Waals surface area contributed by atoms with Gasteiger partial charge in [0.05, 0.1) is 12.2 Å². The lowest BCUT2D eigenvalue weighted by molar-refractivity contribution is -0.123. The largest absolute Gasteiger partial charge is 0.355 e. The molecular formula is C20H28N8O. The highest BCUT2D eigenvalue weighted by Crippen LogP contribution is 2.31. The van der Waals surface area contributed by atoms with E-state index in [-0.39, 0.29) is 17.9 Å². The molecule has 0 bridgehead atoms. The van der Waals surface area contributed by atoms with Crippen molar-refractivity contribution >= 4 is 23.5 Å². The Bertz CT molecular complexity index is 888. The third kappa shape index (κ3) is 3.95. The summed E-state index contributed by atoms with van der Waals surface area (Å²) in [5.41, 5.74) is 3.10. The molecule has 3 aliphatic heterocycles. The van der Waals surface area contributed by atoms with Gasteiger partial charge >= 0.3 is 0 Å². The summed E-state index contributed by atoms with van der Waals surface area (Å²) in [4.78, 5) is 12.2. The monoisotopic (exact) mass is 396 g/mol. The fraction of sp³-hybridized carbons (Fsp3) is 0.500. The first-order valence-electron chi connectivity index (χ1n) is 10.2. The Hall–Kier alpha value is -2.94. The summed E-state index contributed by atoms with van der Waals surface area (Å²) >= 11 is 0. The Morgan fingerprint density at radius 2 is 2.28 bits per heavy atom. The molecule has 0 saturated carbocycles. The number of hydrogen-bond acceptors (Lipinski definition) is 6. The zero-order valence-electron chi connectivity index (χ0n) is 16.9. The summed E-state index contributed by atoms with van der Waals surface area (Å²) in [5, 5.41) is 28.6. The van der Waals surface area contributed by atoms with Gasteiger partial charge in [-0.1, -0.05) is 6.92 Å². The van der Waals surface area contributed by atoms with Gasteiger partial charge in [0.25, 0.3) is 0 Å². The van der Waals surface area contributed by atoms with Gasteiger partial charge in [-0.25, -0.2) is 0 Å². The van der Waals surface area contributed by atoms with Crippen LogP contribution in [0.4, 0.5) is 0 Å². The molecule has 0 aliphatic carbocycles. The first-order chi connectivity index (χ1) is 14.1. The summed E-state index contributed by atoms with van der Waals surface area (Å²) in [6.45, 7) is 3.47. The molecule has 9 heteroatoms. The van der Waals surface area contributed by atoms with Gasteiger partial charge in [0, 0.05) is 67.8 Å². The van der Waals surface area contributed by atoms with Gasteiger partial charge in [-0.05, 0) is 19.3 Å². The third-order valence-electron chi connectivity index (χ3n) is 5.55. The summed E-state index contributed by atoms with van der Waals surface area (Å²) in [5.74, 6) is 1.47. The fourth-order valence-corrected chi connectivity index (χ4v) is 3.96. The quantitative estimate of drug-likeness (QED) is 0.597. The second-order valence-electron chi connectivity index (χ2n) is 7.68. The number of aromatic nitrogens is 2. The molecule has 4 rings (SSSR count). The second kappa shape index (κ2) is 8.20. The van der Waals surface area contributed by atoms with E-state index in [1.165, 1.54) is 0 Å². The Morgan fingerprint density at radius 3 is 2.97 bits per heavy atom. The van der Waals surface area contributed by atoms with E-state index in [1.807, 2.05) is 38.7 Å². The number of rotatable bonds is 5. The van der Waals surface area contributed by atoms with Crippen LogP contribution in [0.2, 0.25) is 0 Å². The van der Waals surface area contributed by atoms with E-state index in [9.17, 15) is 4.79 Å². The number of amidine groups is 1. The number of carbonyl (C=O) groups excluding carboxylic acids is 1. The molecule has 1 aromatic rings. The number of carbonyl (C=O) groups is 1. The van der Waals surface area contributed by atoms with Crippen molar-refractivity contribution in [2.45, 2.75) is 38.6 Å². The van der Waals surface area contributed by atoms with Gasteiger partial charge < -0.3 is 16.0 Å². The van der Waals surface area contributed by atoms with E-state index in [1.54, 1.807) is 9.69 Å². The van der Waals surface area contributed by atoms with Gasteiger partial charge in [-0.15, -0.1) is 0 Å². The number of hydrogen-bond donors (Lipinski definition) is 4. The van der Waals surface area contributed by atoms with Crippen LogP contribution in [0.5, 0.6) is 0 Å². The van der Waals surface area contributed by atoms with Crippen LogP contribution >= 0.6 is 0 Å². The molecule has 0 aromatic carbocycles. The average molecular weight is 396 g/mol. The average Bonchev–Trinajstić information content (AvgIpc) is 3.17. The Kier molecular flexibility index (Phi) is 5.48.